The molecule has 1 N–H and O–H groups in total. The molecule has 1 amide bonds. The maximum absolute atomic E-state index is 11.7. The lowest BCUT2D eigenvalue weighted by molar-refractivity contribution is -0.118. The van der Waals surface area contributed by atoms with Crippen molar-refractivity contribution in [3.05, 3.63) is 23.8 Å². The highest BCUT2D eigenvalue weighted by molar-refractivity contribution is 5.94. The maximum Gasteiger partial charge on any atom is 0.241 e. The Labute approximate surface area is 100 Å². The van der Waals surface area contributed by atoms with E-state index in [9.17, 15) is 4.79 Å². The van der Waals surface area contributed by atoms with Gasteiger partial charge in [-0.1, -0.05) is 6.92 Å². The van der Waals surface area contributed by atoms with Crippen LogP contribution in [0.1, 0.15) is 18.9 Å². The second-order valence-electron chi connectivity index (χ2n) is 4.00. The van der Waals surface area contributed by atoms with Crippen molar-refractivity contribution >= 4 is 11.6 Å². The first kappa shape index (κ1) is 11.5. The lowest BCUT2D eigenvalue weighted by Gasteiger charge is -2.09. The number of carbonyl (C=O) groups excluding carboxylic acids is 1. The molecule has 4 nitrogen and oxygen atoms in total. The van der Waals surface area contributed by atoms with Gasteiger partial charge in [-0.05, 0) is 30.2 Å². The third kappa shape index (κ3) is 2.39. The highest BCUT2D eigenvalue weighted by atomic mass is 16.5. The number of anilines is 1. The molecule has 1 unspecified atom stereocenters. The number of nitriles is 1. The third-order valence-corrected chi connectivity index (χ3v) is 2.84. The minimum atomic E-state index is -0.584. The summed E-state index contributed by atoms with van der Waals surface area (Å²) in [7, 11) is 0. The number of nitrogens with zero attached hydrogens (tertiary/aromatic N) is 1. The molecule has 1 aliphatic rings. The van der Waals surface area contributed by atoms with E-state index in [4.69, 9.17) is 10.00 Å². The van der Waals surface area contributed by atoms with Crippen LogP contribution < -0.4 is 10.1 Å². The van der Waals surface area contributed by atoms with Gasteiger partial charge in [0.25, 0.3) is 0 Å². The molecule has 0 fully saturated rings. The van der Waals surface area contributed by atoms with Gasteiger partial charge in [0.2, 0.25) is 5.91 Å². The van der Waals surface area contributed by atoms with E-state index in [0.29, 0.717) is 13.0 Å². The zero-order valence-electron chi connectivity index (χ0n) is 9.69. The van der Waals surface area contributed by atoms with E-state index in [1.807, 2.05) is 25.1 Å². The molecule has 1 aromatic carbocycles. The first-order chi connectivity index (χ1) is 8.24. The lowest BCUT2D eigenvalue weighted by atomic mass is 10.1. The van der Waals surface area contributed by atoms with E-state index in [0.717, 1.165) is 23.4 Å². The second kappa shape index (κ2) is 4.88. The van der Waals surface area contributed by atoms with Gasteiger partial charge in [0, 0.05) is 12.1 Å². The highest BCUT2D eigenvalue weighted by Crippen LogP contribution is 2.28. The third-order valence-electron chi connectivity index (χ3n) is 2.84. The quantitative estimate of drug-likeness (QED) is 0.865. The smallest absolute Gasteiger partial charge is 0.241 e. The topological polar surface area (TPSA) is 62.1 Å². The van der Waals surface area contributed by atoms with Crippen LogP contribution in [0.3, 0.4) is 0 Å². The van der Waals surface area contributed by atoms with Crippen LogP contribution in [-0.2, 0) is 11.2 Å². The van der Waals surface area contributed by atoms with Crippen LogP contribution in [-0.4, -0.2) is 12.5 Å². The standard InChI is InChI=1S/C13H14N2O2/c1-2-9(8-14)13(16)15-11-3-4-12-10(7-11)5-6-17-12/h3-4,7,9H,2,5-6H2,1H3,(H,15,16). The zero-order chi connectivity index (χ0) is 12.3. The van der Waals surface area contributed by atoms with E-state index in [-0.39, 0.29) is 5.91 Å². The van der Waals surface area contributed by atoms with Gasteiger partial charge in [-0.15, -0.1) is 0 Å². The van der Waals surface area contributed by atoms with Crippen molar-refractivity contribution in [2.24, 2.45) is 5.92 Å². The number of amides is 1. The van der Waals surface area contributed by atoms with Crippen molar-refractivity contribution in [1.82, 2.24) is 0 Å². The van der Waals surface area contributed by atoms with E-state index in [2.05, 4.69) is 5.32 Å². The van der Waals surface area contributed by atoms with Crippen molar-refractivity contribution in [2.45, 2.75) is 19.8 Å². The highest BCUT2D eigenvalue weighted by Gasteiger charge is 2.17. The van der Waals surface area contributed by atoms with Gasteiger partial charge in [-0.25, -0.2) is 0 Å². The predicted molar refractivity (Wildman–Crippen MR) is 63.7 cm³/mol. The van der Waals surface area contributed by atoms with Crippen LogP contribution in [0.15, 0.2) is 18.2 Å². The van der Waals surface area contributed by atoms with Crippen LogP contribution in [0, 0.1) is 17.2 Å². The molecule has 0 aromatic heterocycles. The van der Waals surface area contributed by atoms with Crippen molar-refractivity contribution < 1.29 is 9.53 Å². The van der Waals surface area contributed by atoms with Gasteiger partial charge in [0.15, 0.2) is 0 Å². The summed E-state index contributed by atoms with van der Waals surface area (Å²) in [6.07, 6.45) is 1.39. The summed E-state index contributed by atoms with van der Waals surface area (Å²) >= 11 is 0. The fraction of sp³-hybridized carbons (Fsp3) is 0.385. The SMILES string of the molecule is CCC(C#N)C(=O)Nc1ccc2c(c1)CCO2. The zero-order valence-corrected chi connectivity index (χ0v) is 9.69. The number of ether oxygens (including phenoxy) is 1. The number of rotatable bonds is 3. The van der Waals surface area contributed by atoms with Crippen LogP contribution >= 0.6 is 0 Å². The fourth-order valence-corrected chi connectivity index (χ4v) is 1.83. The lowest BCUT2D eigenvalue weighted by Crippen LogP contribution is -2.20. The monoisotopic (exact) mass is 230 g/mol. The van der Waals surface area contributed by atoms with Gasteiger partial charge >= 0.3 is 0 Å². The number of fused-ring (bicyclic) bond motifs is 1. The van der Waals surface area contributed by atoms with Gasteiger partial charge in [-0.2, -0.15) is 5.26 Å². The van der Waals surface area contributed by atoms with Crippen LogP contribution in [0.2, 0.25) is 0 Å². The number of carbonyl (C=O) groups is 1. The number of nitrogens with one attached hydrogen (secondary N) is 1. The van der Waals surface area contributed by atoms with Gasteiger partial charge in [0.05, 0.1) is 12.7 Å². The number of hydrogen-bond donors (Lipinski definition) is 1. The summed E-state index contributed by atoms with van der Waals surface area (Å²) in [5.74, 6) is 0.0590. The summed E-state index contributed by atoms with van der Waals surface area (Å²) in [6, 6.07) is 7.54. The van der Waals surface area contributed by atoms with Gasteiger partial charge < -0.3 is 10.1 Å². The molecule has 1 heterocycles. The molecule has 0 saturated carbocycles. The number of hydrogen-bond acceptors (Lipinski definition) is 3. The Kier molecular flexibility index (Phi) is 3.29. The summed E-state index contributed by atoms with van der Waals surface area (Å²) in [5, 5.41) is 11.6. The Morgan fingerprint density at radius 3 is 3.18 bits per heavy atom. The average molecular weight is 230 g/mol. The molecule has 88 valence electrons. The molecular formula is C13H14N2O2. The van der Waals surface area contributed by atoms with Crippen molar-refractivity contribution in [1.29, 1.82) is 5.26 Å². The average Bonchev–Trinajstić information content (AvgIpc) is 2.77. The summed E-state index contributed by atoms with van der Waals surface area (Å²) in [5.41, 5.74) is 1.83. The van der Waals surface area contributed by atoms with Crippen molar-refractivity contribution in [3.63, 3.8) is 0 Å². The Morgan fingerprint density at radius 1 is 1.65 bits per heavy atom. The van der Waals surface area contributed by atoms with Crippen LogP contribution in [0.4, 0.5) is 5.69 Å². The first-order valence-corrected chi connectivity index (χ1v) is 5.70. The van der Waals surface area contributed by atoms with Crippen LogP contribution in [0.5, 0.6) is 5.75 Å². The van der Waals surface area contributed by atoms with Crippen molar-refractivity contribution in [3.8, 4) is 11.8 Å². The van der Waals surface area contributed by atoms with E-state index < -0.39 is 5.92 Å². The molecule has 2 rings (SSSR count). The minimum Gasteiger partial charge on any atom is -0.493 e. The summed E-state index contributed by atoms with van der Waals surface area (Å²) < 4.78 is 5.38. The molecule has 0 bridgehead atoms. The Bertz CT molecular complexity index is 477. The fourth-order valence-electron chi connectivity index (χ4n) is 1.83. The molecule has 1 aliphatic heterocycles. The molecule has 0 saturated heterocycles. The molecule has 17 heavy (non-hydrogen) atoms. The van der Waals surface area contributed by atoms with Gasteiger partial charge in [-0.3, -0.25) is 4.79 Å². The van der Waals surface area contributed by atoms with Gasteiger partial charge in [0.1, 0.15) is 11.7 Å². The molecule has 1 atom stereocenters. The Hall–Kier alpha value is -2.02. The molecule has 1 aromatic rings. The molecular weight excluding hydrogens is 216 g/mol. The summed E-state index contributed by atoms with van der Waals surface area (Å²) in [4.78, 5) is 11.7. The molecule has 0 radical (unpaired) electrons. The minimum absolute atomic E-state index is 0.242. The van der Waals surface area contributed by atoms with Crippen LogP contribution in [0.25, 0.3) is 0 Å². The Balaban J connectivity index is 2.09. The number of benzene rings is 1. The Morgan fingerprint density at radius 2 is 2.47 bits per heavy atom. The van der Waals surface area contributed by atoms with E-state index in [1.165, 1.54) is 0 Å². The van der Waals surface area contributed by atoms with E-state index in [1.54, 1.807) is 6.07 Å². The largest absolute Gasteiger partial charge is 0.493 e. The van der Waals surface area contributed by atoms with Crippen molar-refractivity contribution in [2.75, 3.05) is 11.9 Å². The maximum atomic E-state index is 11.7. The molecule has 4 heteroatoms. The molecule has 0 aliphatic carbocycles. The predicted octanol–water partition coefficient (Wildman–Crippen LogP) is 2.11. The van der Waals surface area contributed by atoms with E-state index >= 15 is 0 Å². The normalized spacial score (nSPS) is 14.4. The first-order valence-electron chi connectivity index (χ1n) is 5.70. The molecule has 0 spiro atoms. The second-order valence-corrected chi connectivity index (χ2v) is 4.00. The summed E-state index contributed by atoms with van der Waals surface area (Å²) in [6.45, 7) is 2.52.